The van der Waals surface area contributed by atoms with Gasteiger partial charge in [0.05, 0.1) is 34.2 Å². The van der Waals surface area contributed by atoms with E-state index in [1.165, 1.54) is 6.07 Å². The molecule has 21 heavy (non-hydrogen) atoms. The molecule has 0 fully saturated rings. The fourth-order valence-corrected chi connectivity index (χ4v) is 2.67. The zero-order chi connectivity index (χ0) is 15.1. The van der Waals surface area contributed by atoms with Gasteiger partial charge in [-0.05, 0) is 13.0 Å². The normalized spacial score (nSPS) is 13.0. The van der Waals surface area contributed by atoms with E-state index < -0.39 is 5.82 Å². The van der Waals surface area contributed by atoms with Crippen LogP contribution >= 0.6 is 23.2 Å². The van der Waals surface area contributed by atoms with Crippen molar-refractivity contribution in [3.63, 3.8) is 0 Å². The Hall–Kier alpha value is -1.59. The van der Waals surface area contributed by atoms with E-state index in [2.05, 4.69) is 10.1 Å². The highest BCUT2D eigenvalue weighted by Gasteiger charge is 2.17. The quantitative estimate of drug-likeness (QED) is 0.684. The summed E-state index contributed by atoms with van der Waals surface area (Å²) in [6, 6.07) is 2.92. The van der Waals surface area contributed by atoms with E-state index >= 15 is 0 Å². The van der Waals surface area contributed by atoms with Gasteiger partial charge < -0.3 is 4.57 Å². The van der Waals surface area contributed by atoms with Gasteiger partial charge >= 0.3 is 0 Å². The van der Waals surface area contributed by atoms with Crippen LogP contribution in [0.15, 0.2) is 24.5 Å². The summed E-state index contributed by atoms with van der Waals surface area (Å²) in [6.45, 7) is 2.39. The first-order valence-corrected chi connectivity index (χ1v) is 7.24. The van der Waals surface area contributed by atoms with Gasteiger partial charge in [-0.15, -0.1) is 11.6 Å². The first-order valence-electron chi connectivity index (χ1n) is 6.42. The largest absolute Gasteiger partial charge is 0.322 e. The third kappa shape index (κ3) is 2.63. The molecule has 0 spiro atoms. The van der Waals surface area contributed by atoms with Crippen LogP contribution in [0.1, 0.15) is 23.7 Å². The average Bonchev–Trinajstić information content (AvgIpc) is 2.96. The zero-order valence-corrected chi connectivity index (χ0v) is 13.0. The number of halogens is 3. The molecule has 4 nitrogen and oxygen atoms in total. The number of benzene rings is 1. The van der Waals surface area contributed by atoms with Crippen LogP contribution in [-0.2, 0) is 13.6 Å². The number of nitrogens with zero attached hydrogens (tertiary/aromatic N) is 4. The molecule has 0 amide bonds. The third-order valence-corrected chi connectivity index (χ3v) is 3.76. The van der Waals surface area contributed by atoms with Crippen molar-refractivity contribution in [2.45, 2.75) is 18.8 Å². The van der Waals surface area contributed by atoms with Gasteiger partial charge in [-0.2, -0.15) is 5.10 Å². The minimum absolute atomic E-state index is 0.0728. The van der Waals surface area contributed by atoms with Crippen LogP contribution in [0.2, 0.25) is 5.02 Å². The highest BCUT2D eigenvalue weighted by atomic mass is 35.5. The SMILES string of the molecule is CC(Cl)c1nc2cc(F)c(Cl)cc2n1Cc1cnn(C)c1. The van der Waals surface area contributed by atoms with E-state index in [4.69, 9.17) is 23.2 Å². The van der Waals surface area contributed by atoms with Gasteiger partial charge in [0, 0.05) is 24.9 Å². The van der Waals surface area contributed by atoms with Crippen LogP contribution in [0.25, 0.3) is 11.0 Å². The second kappa shape index (κ2) is 5.31. The van der Waals surface area contributed by atoms with Crippen LogP contribution in [0.4, 0.5) is 4.39 Å². The number of alkyl halides is 1. The highest BCUT2D eigenvalue weighted by molar-refractivity contribution is 6.31. The topological polar surface area (TPSA) is 35.6 Å². The fraction of sp³-hybridized carbons (Fsp3) is 0.286. The van der Waals surface area contributed by atoms with Gasteiger partial charge in [-0.1, -0.05) is 11.6 Å². The van der Waals surface area contributed by atoms with Crippen molar-refractivity contribution < 1.29 is 4.39 Å². The van der Waals surface area contributed by atoms with Gasteiger partial charge in [-0.25, -0.2) is 9.37 Å². The minimum Gasteiger partial charge on any atom is -0.322 e. The number of fused-ring (bicyclic) bond motifs is 1. The van der Waals surface area contributed by atoms with Gasteiger partial charge in [0.2, 0.25) is 0 Å². The molecule has 0 aliphatic rings. The molecular weight excluding hydrogens is 314 g/mol. The van der Waals surface area contributed by atoms with Gasteiger partial charge in [0.15, 0.2) is 0 Å². The Morgan fingerprint density at radius 3 is 2.76 bits per heavy atom. The lowest BCUT2D eigenvalue weighted by molar-refractivity contribution is 0.629. The summed E-state index contributed by atoms with van der Waals surface area (Å²) in [4.78, 5) is 4.42. The van der Waals surface area contributed by atoms with Crippen molar-refractivity contribution in [2.75, 3.05) is 0 Å². The Balaban J connectivity index is 2.17. The summed E-state index contributed by atoms with van der Waals surface area (Å²) in [5.74, 6) is 0.196. The Bertz CT molecular complexity index is 807. The maximum atomic E-state index is 13.6. The number of aromatic nitrogens is 4. The summed E-state index contributed by atoms with van der Waals surface area (Å²) < 4.78 is 17.3. The van der Waals surface area contributed by atoms with Crippen LogP contribution in [-0.4, -0.2) is 19.3 Å². The summed E-state index contributed by atoms with van der Waals surface area (Å²) in [5, 5.41) is 3.92. The van der Waals surface area contributed by atoms with Crippen molar-refractivity contribution in [1.82, 2.24) is 19.3 Å². The van der Waals surface area contributed by atoms with E-state index in [1.54, 1.807) is 16.9 Å². The molecule has 110 valence electrons. The Morgan fingerprint density at radius 1 is 1.38 bits per heavy atom. The van der Waals surface area contributed by atoms with Crippen molar-refractivity contribution >= 4 is 34.2 Å². The molecule has 3 aromatic rings. The maximum absolute atomic E-state index is 13.6. The molecule has 0 saturated carbocycles. The first kappa shape index (κ1) is 14.4. The maximum Gasteiger partial charge on any atom is 0.144 e. The Kier molecular flexibility index (Phi) is 3.63. The number of rotatable bonds is 3. The average molecular weight is 327 g/mol. The second-order valence-corrected chi connectivity index (χ2v) is 6.01. The van der Waals surface area contributed by atoms with Crippen LogP contribution in [0.3, 0.4) is 0 Å². The van der Waals surface area contributed by atoms with Crippen LogP contribution in [0, 0.1) is 5.82 Å². The molecule has 1 atom stereocenters. The second-order valence-electron chi connectivity index (χ2n) is 4.95. The summed E-state index contributed by atoms with van der Waals surface area (Å²) in [5.41, 5.74) is 2.31. The first-order chi connectivity index (χ1) is 9.95. The smallest absolute Gasteiger partial charge is 0.144 e. The molecule has 0 bridgehead atoms. The van der Waals surface area contributed by atoms with Crippen molar-refractivity contribution in [1.29, 1.82) is 0 Å². The molecule has 2 heterocycles. The minimum atomic E-state index is -0.482. The Labute approximate surface area is 131 Å². The van der Waals surface area contributed by atoms with E-state index in [0.717, 1.165) is 11.1 Å². The number of hydrogen-bond donors (Lipinski definition) is 0. The monoisotopic (exact) mass is 326 g/mol. The summed E-state index contributed by atoms with van der Waals surface area (Å²) in [6.07, 6.45) is 3.69. The molecule has 0 saturated heterocycles. The fourth-order valence-electron chi connectivity index (χ4n) is 2.34. The molecule has 3 rings (SSSR count). The van der Waals surface area contributed by atoms with Gasteiger partial charge in [0.1, 0.15) is 11.6 Å². The van der Waals surface area contributed by atoms with Crippen molar-refractivity contribution in [3.8, 4) is 0 Å². The van der Waals surface area contributed by atoms with Crippen LogP contribution < -0.4 is 0 Å². The molecule has 0 N–H and O–H groups in total. The molecule has 0 aliphatic carbocycles. The van der Waals surface area contributed by atoms with Gasteiger partial charge in [0.25, 0.3) is 0 Å². The predicted molar refractivity (Wildman–Crippen MR) is 81.3 cm³/mol. The zero-order valence-electron chi connectivity index (χ0n) is 11.5. The Morgan fingerprint density at radius 2 is 2.14 bits per heavy atom. The lowest BCUT2D eigenvalue weighted by Gasteiger charge is -2.09. The predicted octanol–water partition coefficient (Wildman–Crippen LogP) is 3.91. The standard InChI is InChI=1S/C14H13Cl2FN4/c1-8(15)14-19-12-4-11(17)10(16)3-13(12)21(14)7-9-5-18-20(2)6-9/h3-6,8H,7H2,1-2H3. The number of aryl methyl sites for hydroxylation is 1. The van der Waals surface area contributed by atoms with Crippen molar-refractivity contribution in [2.24, 2.45) is 7.05 Å². The van der Waals surface area contributed by atoms with E-state index in [-0.39, 0.29) is 10.4 Å². The lowest BCUT2D eigenvalue weighted by Crippen LogP contribution is -2.05. The summed E-state index contributed by atoms with van der Waals surface area (Å²) >= 11 is 12.1. The molecule has 0 aliphatic heterocycles. The molecular formula is C14H13Cl2FN4. The van der Waals surface area contributed by atoms with Crippen LogP contribution in [0.5, 0.6) is 0 Å². The lowest BCUT2D eigenvalue weighted by atomic mass is 10.3. The molecule has 2 aromatic heterocycles. The molecule has 1 unspecified atom stereocenters. The molecule has 1 aromatic carbocycles. The summed E-state index contributed by atoms with van der Waals surface area (Å²) in [7, 11) is 1.85. The highest BCUT2D eigenvalue weighted by Crippen LogP contribution is 2.28. The number of hydrogen-bond acceptors (Lipinski definition) is 2. The molecule has 0 radical (unpaired) electrons. The third-order valence-electron chi connectivity index (χ3n) is 3.27. The van der Waals surface area contributed by atoms with E-state index in [9.17, 15) is 4.39 Å². The van der Waals surface area contributed by atoms with E-state index in [0.29, 0.717) is 17.9 Å². The van der Waals surface area contributed by atoms with Crippen molar-refractivity contribution in [3.05, 3.63) is 46.8 Å². The van der Waals surface area contributed by atoms with Gasteiger partial charge in [-0.3, -0.25) is 4.68 Å². The van der Waals surface area contributed by atoms with E-state index in [1.807, 2.05) is 24.7 Å². The number of imidazole rings is 1. The molecule has 7 heteroatoms.